The minimum atomic E-state index is -0.283. The molecule has 2 aromatic carbocycles. The monoisotopic (exact) mass is 294 g/mol. The molecule has 2 N–H and O–H groups in total. The number of hydrogen-bond acceptors (Lipinski definition) is 4. The van der Waals surface area contributed by atoms with Crippen LogP contribution < -0.4 is 5.32 Å². The Kier molecular flexibility index (Phi) is 3.39. The molecule has 0 aliphatic heterocycles. The average Bonchev–Trinajstić information content (AvgIpc) is 2.92. The molecule has 3 aromatic rings. The van der Waals surface area contributed by atoms with E-state index in [-0.39, 0.29) is 11.7 Å². The number of benzene rings is 2. The predicted octanol–water partition coefficient (Wildman–Crippen LogP) is 3.72. The fourth-order valence-corrected chi connectivity index (χ4v) is 2.01. The van der Waals surface area contributed by atoms with Crippen LogP contribution in [0.2, 0.25) is 0 Å². The van der Waals surface area contributed by atoms with Crippen molar-refractivity contribution in [1.82, 2.24) is 4.98 Å². The van der Waals surface area contributed by atoms with Gasteiger partial charge in [-0.05, 0) is 37.3 Å². The second-order valence-electron chi connectivity index (χ2n) is 4.95. The summed E-state index contributed by atoms with van der Waals surface area (Å²) in [5.74, 6) is 0.0409. The van der Waals surface area contributed by atoms with Gasteiger partial charge in [0, 0.05) is 11.3 Å². The number of aromatic nitrogens is 1. The number of carbonyl (C=O) groups is 1. The van der Waals surface area contributed by atoms with E-state index in [0.29, 0.717) is 33.8 Å². The van der Waals surface area contributed by atoms with Gasteiger partial charge in [-0.3, -0.25) is 4.79 Å². The SMILES string of the molecule is C=C(C)C(=O)Nc1ccc(O)c(-c2nc3ccccc3o2)c1. The number of phenols is 1. The summed E-state index contributed by atoms with van der Waals surface area (Å²) < 4.78 is 5.64. The maximum Gasteiger partial charge on any atom is 0.250 e. The summed E-state index contributed by atoms with van der Waals surface area (Å²) in [6.45, 7) is 5.21. The fraction of sp³-hybridized carbons (Fsp3) is 0.0588. The van der Waals surface area contributed by atoms with Crippen LogP contribution in [0.4, 0.5) is 5.69 Å². The van der Waals surface area contributed by atoms with Crippen LogP contribution in [0.1, 0.15) is 6.92 Å². The summed E-state index contributed by atoms with van der Waals surface area (Å²) in [4.78, 5) is 16.0. The number of oxazole rings is 1. The summed E-state index contributed by atoms with van der Waals surface area (Å²) in [6, 6.07) is 12.0. The fourth-order valence-electron chi connectivity index (χ4n) is 2.01. The molecule has 0 unspecified atom stereocenters. The van der Waals surface area contributed by atoms with Crippen LogP contribution in [0.15, 0.2) is 59.0 Å². The van der Waals surface area contributed by atoms with E-state index >= 15 is 0 Å². The Morgan fingerprint density at radius 3 is 2.77 bits per heavy atom. The van der Waals surface area contributed by atoms with Gasteiger partial charge in [0.25, 0.3) is 5.91 Å². The van der Waals surface area contributed by atoms with Crippen molar-refractivity contribution in [3.05, 3.63) is 54.6 Å². The molecule has 5 nitrogen and oxygen atoms in total. The number of aromatic hydroxyl groups is 1. The van der Waals surface area contributed by atoms with Crippen molar-refractivity contribution in [2.24, 2.45) is 0 Å². The van der Waals surface area contributed by atoms with Gasteiger partial charge in [-0.25, -0.2) is 4.98 Å². The second-order valence-corrected chi connectivity index (χ2v) is 4.95. The number of rotatable bonds is 3. The Morgan fingerprint density at radius 2 is 2.05 bits per heavy atom. The number of carbonyl (C=O) groups excluding carboxylic acids is 1. The quantitative estimate of drug-likeness (QED) is 0.570. The van der Waals surface area contributed by atoms with Crippen LogP contribution in [-0.4, -0.2) is 16.0 Å². The van der Waals surface area contributed by atoms with Gasteiger partial charge in [0.2, 0.25) is 5.89 Å². The van der Waals surface area contributed by atoms with Gasteiger partial charge in [0.1, 0.15) is 11.3 Å². The minimum Gasteiger partial charge on any atom is -0.507 e. The van der Waals surface area contributed by atoms with E-state index < -0.39 is 0 Å². The van der Waals surface area contributed by atoms with Crippen LogP contribution in [0.3, 0.4) is 0 Å². The molecule has 1 heterocycles. The maximum atomic E-state index is 11.7. The molecule has 0 saturated heterocycles. The summed E-state index contributed by atoms with van der Waals surface area (Å²) in [5.41, 5.74) is 2.68. The number of nitrogens with one attached hydrogen (secondary N) is 1. The van der Waals surface area contributed by atoms with Crippen LogP contribution in [0, 0.1) is 0 Å². The largest absolute Gasteiger partial charge is 0.507 e. The summed E-state index contributed by atoms with van der Waals surface area (Å²) in [6.07, 6.45) is 0. The molecule has 0 spiro atoms. The van der Waals surface area contributed by atoms with E-state index in [2.05, 4.69) is 16.9 Å². The molecule has 1 amide bonds. The zero-order valence-electron chi connectivity index (χ0n) is 12.0. The van der Waals surface area contributed by atoms with Gasteiger partial charge in [0.05, 0.1) is 5.56 Å². The number of para-hydroxylation sites is 2. The van der Waals surface area contributed by atoms with Gasteiger partial charge < -0.3 is 14.8 Å². The van der Waals surface area contributed by atoms with Crippen molar-refractivity contribution in [2.75, 3.05) is 5.32 Å². The van der Waals surface area contributed by atoms with Crippen molar-refractivity contribution in [2.45, 2.75) is 6.92 Å². The minimum absolute atomic E-state index is 0.0277. The van der Waals surface area contributed by atoms with E-state index in [0.717, 1.165) is 0 Å². The number of nitrogens with zero attached hydrogens (tertiary/aromatic N) is 1. The number of fused-ring (bicyclic) bond motifs is 1. The standard InChI is InChI=1S/C17H14N2O3/c1-10(2)16(21)18-11-7-8-14(20)12(9-11)17-19-13-5-3-4-6-15(13)22-17/h3-9,20H,1H2,2H3,(H,18,21). The third kappa shape index (κ3) is 2.56. The predicted molar refractivity (Wildman–Crippen MR) is 84.6 cm³/mol. The highest BCUT2D eigenvalue weighted by Crippen LogP contribution is 2.33. The van der Waals surface area contributed by atoms with Gasteiger partial charge in [0.15, 0.2) is 5.58 Å². The molecule has 0 radical (unpaired) electrons. The smallest absolute Gasteiger partial charge is 0.250 e. The van der Waals surface area contributed by atoms with Crippen molar-refractivity contribution >= 4 is 22.7 Å². The highest BCUT2D eigenvalue weighted by Gasteiger charge is 2.13. The molecule has 5 heteroatoms. The molecule has 0 atom stereocenters. The van der Waals surface area contributed by atoms with Crippen molar-refractivity contribution in [3.63, 3.8) is 0 Å². The Hall–Kier alpha value is -3.08. The molecule has 3 rings (SSSR count). The highest BCUT2D eigenvalue weighted by atomic mass is 16.3. The lowest BCUT2D eigenvalue weighted by molar-refractivity contribution is -0.112. The first-order valence-corrected chi connectivity index (χ1v) is 6.70. The molecular weight excluding hydrogens is 280 g/mol. The van der Waals surface area contributed by atoms with Crippen molar-refractivity contribution < 1.29 is 14.3 Å². The third-order valence-corrected chi connectivity index (χ3v) is 3.17. The third-order valence-electron chi connectivity index (χ3n) is 3.17. The molecule has 0 saturated carbocycles. The maximum absolute atomic E-state index is 11.7. The van der Waals surface area contributed by atoms with Crippen LogP contribution in [0.5, 0.6) is 5.75 Å². The molecular formula is C17H14N2O3. The number of phenolic OH excluding ortho intramolecular Hbond substituents is 1. The van der Waals surface area contributed by atoms with Crippen LogP contribution >= 0.6 is 0 Å². The number of anilines is 1. The topological polar surface area (TPSA) is 75.4 Å². The van der Waals surface area contributed by atoms with Gasteiger partial charge in [-0.2, -0.15) is 0 Å². The van der Waals surface area contributed by atoms with Gasteiger partial charge >= 0.3 is 0 Å². The molecule has 1 aromatic heterocycles. The normalized spacial score (nSPS) is 10.6. The summed E-state index contributed by atoms with van der Waals surface area (Å²) >= 11 is 0. The van der Waals surface area contributed by atoms with E-state index in [1.165, 1.54) is 6.07 Å². The zero-order valence-corrected chi connectivity index (χ0v) is 12.0. The first-order valence-electron chi connectivity index (χ1n) is 6.70. The Balaban J connectivity index is 2.02. The van der Waals surface area contributed by atoms with Crippen LogP contribution in [0.25, 0.3) is 22.6 Å². The lowest BCUT2D eigenvalue weighted by Crippen LogP contribution is -2.11. The molecule has 22 heavy (non-hydrogen) atoms. The first-order chi connectivity index (χ1) is 10.5. The Labute approximate surface area is 126 Å². The highest BCUT2D eigenvalue weighted by molar-refractivity contribution is 6.03. The zero-order chi connectivity index (χ0) is 15.7. The lowest BCUT2D eigenvalue weighted by atomic mass is 10.1. The Bertz CT molecular complexity index is 847. The molecule has 0 bridgehead atoms. The van der Waals surface area contributed by atoms with Gasteiger partial charge in [-0.15, -0.1) is 0 Å². The first kappa shape index (κ1) is 13.9. The Morgan fingerprint density at radius 1 is 1.27 bits per heavy atom. The molecule has 110 valence electrons. The van der Waals surface area contributed by atoms with E-state index in [1.54, 1.807) is 25.1 Å². The van der Waals surface area contributed by atoms with Crippen molar-refractivity contribution in [1.29, 1.82) is 0 Å². The summed E-state index contributed by atoms with van der Waals surface area (Å²) in [7, 11) is 0. The average molecular weight is 294 g/mol. The van der Waals surface area contributed by atoms with Crippen molar-refractivity contribution in [3.8, 4) is 17.2 Å². The molecule has 0 aliphatic rings. The van der Waals surface area contributed by atoms with E-state index in [9.17, 15) is 9.90 Å². The molecule has 0 aliphatic carbocycles. The van der Waals surface area contributed by atoms with E-state index in [4.69, 9.17) is 4.42 Å². The van der Waals surface area contributed by atoms with Crippen LogP contribution in [-0.2, 0) is 4.79 Å². The lowest BCUT2D eigenvalue weighted by Gasteiger charge is -2.07. The number of hydrogen-bond donors (Lipinski definition) is 2. The molecule has 0 fully saturated rings. The number of amides is 1. The van der Waals surface area contributed by atoms with E-state index in [1.807, 2.05) is 18.2 Å². The van der Waals surface area contributed by atoms with Gasteiger partial charge in [-0.1, -0.05) is 18.7 Å². The second kappa shape index (κ2) is 5.37. The summed E-state index contributed by atoms with van der Waals surface area (Å²) in [5, 5.41) is 12.7.